The maximum absolute atomic E-state index is 12.4. The molecule has 0 aliphatic heterocycles. The fourth-order valence-electron chi connectivity index (χ4n) is 3.66. The summed E-state index contributed by atoms with van der Waals surface area (Å²) < 4.78 is 28.2. The van der Waals surface area contributed by atoms with Crippen LogP contribution in [0.4, 0.5) is 5.69 Å². The largest absolute Gasteiger partial charge is 0.398 e. The van der Waals surface area contributed by atoms with Crippen LogP contribution in [0.3, 0.4) is 0 Å². The van der Waals surface area contributed by atoms with E-state index in [2.05, 4.69) is 20.7 Å². The van der Waals surface area contributed by atoms with E-state index in [4.69, 9.17) is 5.73 Å². The van der Waals surface area contributed by atoms with Crippen molar-refractivity contribution in [2.24, 2.45) is 17.8 Å². The van der Waals surface area contributed by atoms with Crippen LogP contribution in [0.2, 0.25) is 0 Å². The van der Waals surface area contributed by atoms with Crippen molar-refractivity contribution in [2.75, 3.05) is 12.3 Å². The summed E-state index contributed by atoms with van der Waals surface area (Å²) in [5.74, 6) is 2.03. The van der Waals surface area contributed by atoms with Gasteiger partial charge in [0.2, 0.25) is 10.0 Å². The molecular formula is C14H19BrN2O2S. The highest BCUT2D eigenvalue weighted by Crippen LogP contribution is 2.48. The molecule has 0 amide bonds. The van der Waals surface area contributed by atoms with Crippen molar-refractivity contribution < 1.29 is 8.42 Å². The predicted molar refractivity (Wildman–Crippen MR) is 82.7 cm³/mol. The molecule has 0 radical (unpaired) electrons. The fourth-order valence-corrected chi connectivity index (χ4v) is 5.42. The highest BCUT2D eigenvalue weighted by Gasteiger charge is 2.39. The number of nitrogen functional groups attached to an aromatic ring is 1. The van der Waals surface area contributed by atoms with E-state index in [0.717, 1.165) is 5.92 Å². The Kier molecular flexibility index (Phi) is 3.81. The van der Waals surface area contributed by atoms with Crippen LogP contribution >= 0.6 is 15.9 Å². The number of benzene rings is 1. The minimum Gasteiger partial charge on any atom is -0.398 e. The van der Waals surface area contributed by atoms with Gasteiger partial charge in [0.1, 0.15) is 4.90 Å². The van der Waals surface area contributed by atoms with Crippen molar-refractivity contribution >= 4 is 31.6 Å². The number of nitrogens with one attached hydrogen (secondary N) is 1. The number of hydrogen-bond acceptors (Lipinski definition) is 3. The molecule has 0 heterocycles. The van der Waals surface area contributed by atoms with Gasteiger partial charge in [0.05, 0.1) is 5.69 Å². The highest BCUT2D eigenvalue weighted by molar-refractivity contribution is 9.10. The fraction of sp³-hybridized carbons (Fsp3) is 0.571. The molecule has 20 heavy (non-hydrogen) atoms. The lowest BCUT2D eigenvalue weighted by molar-refractivity contribution is 0.333. The van der Waals surface area contributed by atoms with Crippen LogP contribution in [0.25, 0.3) is 0 Å². The molecule has 110 valence electrons. The van der Waals surface area contributed by atoms with E-state index in [-0.39, 0.29) is 10.6 Å². The summed E-state index contributed by atoms with van der Waals surface area (Å²) in [6, 6.07) is 4.90. The van der Waals surface area contributed by atoms with Crippen LogP contribution in [-0.2, 0) is 10.0 Å². The summed E-state index contributed by atoms with van der Waals surface area (Å²) in [6.45, 7) is 0.537. The molecule has 0 spiro atoms. The standard InChI is InChI=1S/C14H19BrN2O2S/c15-12-3-4-13(16)14(7-12)20(18,19)17-8-11-6-9-1-2-10(11)5-9/h3-4,7,9-11,17H,1-2,5-6,8,16H2. The molecule has 2 aliphatic rings. The third kappa shape index (κ3) is 2.73. The van der Waals surface area contributed by atoms with Crippen LogP contribution in [0.5, 0.6) is 0 Å². The Balaban J connectivity index is 1.71. The van der Waals surface area contributed by atoms with Gasteiger partial charge in [0, 0.05) is 11.0 Å². The summed E-state index contributed by atoms with van der Waals surface area (Å²) >= 11 is 3.28. The molecule has 1 aromatic carbocycles. The number of fused-ring (bicyclic) bond motifs is 2. The maximum Gasteiger partial charge on any atom is 0.242 e. The Morgan fingerprint density at radius 3 is 2.75 bits per heavy atom. The number of hydrogen-bond donors (Lipinski definition) is 2. The number of anilines is 1. The molecule has 2 aliphatic carbocycles. The molecule has 0 aromatic heterocycles. The molecular weight excluding hydrogens is 340 g/mol. The predicted octanol–water partition coefficient (Wildman–Crippen LogP) is 2.75. The van der Waals surface area contributed by atoms with Gasteiger partial charge in [-0.15, -0.1) is 0 Å². The second kappa shape index (κ2) is 5.31. The first-order chi connectivity index (χ1) is 9.45. The van der Waals surface area contributed by atoms with Crippen LogP contribution < -0.4 is 10.5 Å². The third-order valence-corrected chi connectivity index (χ3v) is 6.66. The van der Waals surface area contributed by atoms with Gasteiger partial charge < -0.3 is 5.73 Å². The lowest BCUT2D eigenvalue weighted by atomic mass is 9.89. The van der Waals surface area contributed by atoms with E-state index in [9.17, 15) is 8.42 Å². The molecule has 3 unspecified atom stereocenters. The summed E-state index contributed by atoms with van der Waals surface area (Å²) in [5, 5.41) is 0. The molecule has 2 fully saturated rings. The lowest BCUT2D eigenvalue weighted by Gasteiger charge is -2.22. The quantitative estimate of drug-likeness (QED) is 0.812. The van der Waals surface area contributed by atoms with E-state index < -0.39 is 10.0 Å². The molecule has 6 heteroatoms. The second-order valence-electron chi connectivity index (χ2n) is 5.97. The second-order valence-corrected chi connectivity index (χ2v) is 8.62. The van der Waals surface area contributed by atoms with Crippen molar-refractivity contribution in [2.45, 2.75) is 30.6 Å². The van der Waals surface area contributed by atoms with Crippen molar-refractivity contribution in [3.8, 4) is 0 Å². The molecule has 3 rings (SSSR count). The Bertz CT molecular complexity index is 618. The molecule has 1 aromatic rings. The molecule has 4 nitrogen and oxygen atoms in total. The summed E-state index contributed by atoms with van der Waals surface area (Å²) in [4.78, 5) is 0.162. The molecule has 3 atom stereocenters. The maximum atomic E-state index is 12.4. The number of rotatable bonds is 4. The van der Waals surface area contributed by atoms with Gasteiger partial charge in [-0.25, -0.2) is 13.1 Å². The first kappa shape index (κ1) is 14.4. The zero-order valence-electron chi connectivity index (χ0n) is 11.2. The monoisotopic (exact) mass is 358 g/mol. The van der Waals surface area contributed by atoms with E-state index >= 15 is 0 Å². The first-order valence-electron chi connectivity index (χ1n) is 7.00. The zero-order valence-corrected chi connectivity index (χ0v) is 13.6. The summed E-state index contributed by atoms with van der Waals surface area (Å²) in [6.07, 6.45) is 5.04. The van der Waals surface area contributed by atoms with Crippen LogP contribution in [0.1, 0.15) is 25.7 Å². The minimum atomic E-state index is -3.52. The molecule has 2 bridgehead atoms. The topological polar surface area (TPSA) is 72.2 Å². The minimum absolute atomic E-state index is 0.162. The Morgan fingerprint density at radius 2 is 2.10 bits per heavy atom. The zero-order chi connectivity index (χ0) is 14.3. The van der Waals surface area contributed by atoms with Crippen molar-refractivity contribution in [3.63, 3.8) is 0 Å². The third-order valence-electron chi connectivity index (χ3n) is 4.69. The van der Waals surface area contributed by atoms with Crippen LogP contribution in [-0.4, -0.2) is 15.0 Å². The number of halogens is 1. The Morgan fingerprint density at radius 1 is 1.30 bits per heavy atom. The van der Waals surface area contributed by atoms with E-state index in [1.807, 2.05) is 0 Å². The first-order valence-corrected chi connectivity index (χ1v) is 9.28. The van der Waals surface area contributed by atoms with Gasteiger partial charge >= 0.3 is 0 Å². The SMILES string of the molecule is Nc1ccc(Br)cc1S(=O)(=O)NCC1CC2CCC1C2. The highest BCUT2D eigenvalue weighted by atomic mass is 79.9. The van der Waals surface area contributed by atoms with Gasteiger partial charge in [-0.2, -0.15) is 0 Å². The van der Waals surface area contributed by atoms with Crippen LogP contribution in [0, 0.1) is 17.8 Å². The lowest BCUT2D eigenvalue weighted by Crippen LogP contribution is -2.32. The smallest absolute Gasteiger partial charge is 0.242 e. The number of sulfonamides is 1. The van der Waals surface area contributed by atoms with Crippen molar-refractivity contribution in [1.82, 2.24) is 4.72 Å². The van der Waals surface area contributed by atoms with Crippen molar-refractivity contribution in [1.29, 1.82) is 0 Å². The molecule has 0 saturated heterocycles. The Hall–Kier alpha value is -0.590. The van der Waals surface area contributed by atoms with Gasteiger partial charge in [-0.05, 0) is 55.2 Å². The van der Waals surface area contributed by atoms with Gasteiger partial charge in [0.25, 0.3) is 0 Å². The van der Waals surface area contributed by atoms with Crippen molar-refractivity contribution in [3.05, 3.63) is 22.7 Å². The van der Waals surface area contributed by atoms with Gasteiger partial charge in [0.15, 0.2) is 0 Å². The van der Waals surface area contributed by atoms with Gasteiger partial charge in [-0.1, -0.05) is 22.4 Å². The van der Waals surface area contributed by atoms with Crippen LogP contribution in [0.15, 0.2) is 27.6 Å². The summed E-state index contributed by atoms with van der Waals surface area (Å²) in [7, 11) is -3.52. The molecule has 3 N–H and O–H groups in total. The van der Waals surface area contributed by atoms with Gasteiger partial charge in [-0.3, -0.25) is 0 Å². The molecule has 2 saturated carbocycles. The van der Waals surface area contributed by atoms with E-state index in [0.29, 0.717) is 22.9 Å². The normalized spacial score (nSPS) is 28.9. The average Bonchev–Trinajstić information content (AvgIpc) is 3.01. The van der Waals surface area contributed by atoms with E-state index in [1.54, 1.807) is 18.2 Å². The number of nitrogens with two attached hydrogens (primary N) is 1. The average molecular weight is 359 g/mol. The van der Waals surface area contributed by atoms with E-state index in [1.165, 1.54) is 25.7 Å². The Labute approximate surface area is 128 Å². The summed E-state index contributed by atoms with van der Waals surface area (Å²) in [5.41, 5.74) is 6.07.